The van der Waals surface area contributed by atoms with E-state index in [-0.39, 0.29) is 11.3 Å². The molecule has 2 saturated carbocycles. The van der Waals surface area contributed by atoms with Gasteiger partial charge in [-0.3, -0.25) is 4.79 Å². The van der Waals surface area contributed by atoms with Crippen molar-refractivity contribution in [3.63, 3.8) is 0 Å². The lowest BCUT2D eigenvalue weighted by Gasteiger charge is -2.32. The molecular formula is C19H26O. The van der Waals surface area contributed by atoms with Gasteiger partial charge in [0, 0.05) is 11.3 Å². The third-order valence-corrected chi connectivity index (χ3v) is 5.47. The first-order valence-corrected chi connectivity index (χ1v) is 8.08. The van der Waals surface area contributed by atoms with Crippen molar-refractivity contribution in [2.45, 2.75) is 52.4 Å². The number of benzene rings is 1. The smallest absolute Gasteiger partial charge is 0.145 e. The first-order valence-electron chi connectivity index (χ1n) is 8.08. The summed E-state index contributed by atoms with van der Waals surface area (Å²) in [6.45, 7) is 6.21. The van der Waals surface area contributed by atoms with Crippen LogP contribution >= 0.6 is 0 Å². The minimum atomic E-state index is -0.247. The zero-order chi connectivity index (χ0) is 14.3. The molecule has 108 valence electrons. The molecule has 0 amide bonds. The molecule has 0 aromatic heterocycles. The topological polar surface area (TPSA) is 17.1 Å². The summed E-state index contributed by atoms with van der Waals surface area (Å²) in [5.74, 6) is 2.74. The molecule has 3 rings (SSSR count). The van der Waals surface area contributed by atoms with Gasteiger partial charge < -0.3 is 0 Å². The minimum Gasteiger partial charge on any atom is -0.298 e. The fourth-order valence-corrected chi connectivity index (χ4v) is 4.52. The highest BCUT2D eigenvalue weighted by molar-refractivity contribution is 5.90. The Bertz CT molecular complexity index is 462. The Morgan fingerprint density at radius 3 is 1.95 bits per heavy atom. The van der Waals surface area contributed by atoms with Gasteiger partial charge in [-0.05, 0) is 49.0 Å². The zero-order valence-corrected chi connectivity index (χ0v) is 12.9. The normalized spacial score (nSPS) is 30.4. The molecule has 1 nitrogen and oxygen atoms in total. The van der Waals surface area contributed by atoms with Crippen molar-refractivity contribution in [2.24, 2.45) is 23.2 Å². The van der Waals surface area contributed by atoms with Crippen LogP contribution in [0.15, 0.2) is 30.3 Å². The largest absolute Gasteiger partial charge is 0.298 e. The standard InChI is InChI=1S/C19H26O/c1-19(2,3)18(20)17(13-7-5-4-6-8-13)16-14-9-10-15(16)12-11-14/h4-8,14-17H,9-12H2,1-3H3. The first-order chi connectivity index (χ1) is 9.48. The molecule has 1 unspecified atom stereocenters. The van der Waals surface area contributed by atoms with Crippen molar-refractivity contribution in [3.05, 3.63) is 35.9 Å². The second-order valence-corrected chi connectivity index (χ2v) is 7.75. The number of Topliss-reactive ketones (excluding diaryl/α,β-unsaturated/α-hetero) is 1. The van der Waals surface area contributed by atoms with Crippen molar-refractivity contribution in [3.8, 4) is 0 Å². The van der Waals surface area contributed by atoms with Crippen LogP contribution in [0.1, 0.15) is 57.9 Å². The fourth-order valence-electron chi connectivity index (χ4n) is 4.52. The molecule has 0 aliphatic heterocycles. The van der Waals surface area contributed by atoms with Crippen molar-refractivity contribution >= 4 is 5.78 Å². The minimum absolute atomic E-state index is 0.121. The van der Waals surface area contributed by atoms with Crippen LogP contribution in [0, 0.1) is 23.2 Å². The van der Waals surface area contributed by atoms with Crippen molar-refractivity contribution < 1.29 is 4.79 Å². The van der Waals surface area contributed by atoms with Crippen molar-refractivity contribution in [1.29, 1.82) is 0 Å². The summed E-state index contributed by atoms with van der Waals surface area (Å²) in [6.07, 6.45) is 5.37. The first kappa shape index (κ1) is 13.9. The summed E-state index contributed by atoms with van der Waals surface area (Å²) in [5, 5.41) is 0. The highest BCUT2D eigenvalue weighted by Gasteiger charge is 2.49. The average molecular weight is 270 g/mol. The maximum Gasteiger partial charge on any atom is 0.145 e. The molecule has 0 radical (unpaired) electrons. The van der Waals surface area contributed by atoms with E-state index in [1.165, 1.54) is 31.2 Å². The fraction of sp³-hybridized carbons (Fsp3) is 0.632. The van der Waals surface area contributed by atoms with E-state index in [9.17, 15) is 4.79 Å². The van der Waals surface area contributed by atoms with Gasteiger partial charge in [0.05, 0.1) is 0 Å². The number of ketones is 1. The van der Waals surface area contributed by atoms with Crippen LogP contribution in [0.3, 0.4) is 0 Å². The Morgan fingerprint density at radius 2 is 1.50 bits per heavy atom. The van der Waals surface area contributed by atoms with Crippen molar-refractivity contribution in [1.82, 2.24) is 0 Å². The highest BCUT2D eigenvalue weighted by Crippen LogP contribution is 2.56. The van der Waals surface area contributed by atoms with Gasteiger partial charge in [0.1, 0.15) is 5.78 Å². The van der Waals surface area contributed by atoms with Gasteiger partial charge in [0.15, 0.2) is 0 Å². The van der Waals surface area contributed by atoms with Gasteiger partial charge >= 0.3 is 0 Å². The molecule has 2 fully saturated rings. The Morgan fingerprint density at radius 1 is 1.00 bits per heavy atom. The molecule has 1 heteroatoms. The predicted octanol–water partition coefficient (Wildman–Crippen LogP) is 4.82. The highest BCUT2D eigenvalue weighted by atomic mass is 16.1. The lowest BCUT2D eigenvalue weighted by Crippen LogP contribution is -2.33. The summed E-state index contributed by atoms with van der Waals surface area (Å²) in [4.78, 5) is 13.1. The molecule has 2 aliphatic rings. The number of fused-ring (bicyclic) bond motifs is 2. The van der Waals surface area contributed by atoms with E-state index in [1.807, 2.05) is 6.07 Å². The number of carbonyl (C=O) groups is 1. The number of hydrogen-bond donors (Lipinski definition) is 0. The van der Waals surface area contributed by atoms with Gasteiger partial charge in [0.25, 0.3) is 0 Å². The van der Waals surface area contributed by atoms with Gasteiger partial charge in [0.2, 0.25) is 0 Å². The summed E-state index contributed by atoms with van der Waals surface area (Å²) < 4.78 is 0. The lowest BCUT2D eigenvalue weighted by molar-refractivity contribution is -0.129. The quantitative estimate of drug-likeness (QED) is 0.769. The van der Waals surface area contributed by atoms with E-state index in [0.717, 1.165) is 11.8 Å². The SMILES string of the molecule is CC(C)(C)C(=O)C(c1ccccc1)C1C2CCC1CC2. The average Bonchev–Trinajstić information content (AvgIpc) is 3.00. The third kappa shape index (κ3) is 2.32. The van der Waals surface area contributed by atoms with Crippen LogP contribution in [0.2, 0.25) is 0 Å². The van der Waals surface area contributed by atoms with Gasteiger partial charge in [-0.1, -0.05) is 51.1 Å². The summed E-state index contributed by atoms with van der Waals surface area (Å²) in [6, 6.07) is 10.5. The van der Waals surface area contributed by atoms with E-state index < -0.39 is 0 Å². The monoisotopic (exact) mass is 270 g/mol. The van der Waals surface area contributed by atoms with E-state index in [0.29, 0.717) is 11.7 Å². The molecule has 0 spiro atoms. The molecule has 0 saturated heterocycles. The van der Waals surface area contributed by atoms with E-state index >= 15 is 0 Å². The Balaban J connectivity index is 1.98. The molecule has 0 N–H and O–H groups in total. The van der Waals surface area contributed by atoms with Gasteiger partial charge in [-0.2, -0.15) is 0 Å². The molecule has 1 atom stereocenters. The van der Waals surface area contributed by atoms with Crippen molar-refractivity contribution in [2.75, 3.05) is 0 Å². The molecule has 0 heterocycles. The Labute approximate surface area is 122 Å². The second-order valence-electron chi connectivity index (χ2n) is 7.75. The van der Waals surface area contributed by atoms with Crippen LogP contribution in [0.25, 0.3) is 0 Å². The summed E-state index contributed by atoms with van der Waals surface area (Å²) >= 11 is 0. The summed E-state index contributed by atoms with van der Waals surface area (Å²) in [5.41, 5.74) is 0.999. The summed E-state index contributed by atoms with van der Waals surface area (Å²) in [7, 11) is 0. The number of hydrogen-bond acceptors (Lipinski definition) is 1. The number of rotatable bonds is 3. The van der Waals surface area contributed by atoms with Crippen LogP contribution in [0.4, 0.5) is 0 Å². The molecule has 1 aromatic carbocycles. The molecule has 2 bridgehead atoms. The van der Waals surface area contributed by atoms with E-state index in [2.05, 4.69) is 45.0 Å². The maximum atomic E-state index is 13.1. The Kier molecular flexibility index (Phi) is 3.48. The second kappa shape index (κ2) is 5.02. The van der Waals surface area contributed by atoms with Crippen LogP contribution in [-0.4, -0.2) is 5.78 Å². The number of carbonyl (C=O) groups excluding carboxylic acids is 1. The molecule has 1 aromatic rings. The lowest BCUT2D eigenvalue weighted by atomic mass is 9.70. The van der Waals surface area contributed by atoms with E-state index in [4.69, 9.17) is 0 Å². The van der Waals surface area contributed by atoms with Crippen LogP contribution in [0.5, 0.6) is 0 Å². The molecule has 20 heavy (non-hydrogen) atoms. The third-order valence-electron chi connectivity index (χ3n) is 5.47. The van der Waals surface area contributed by atoms with Gasteiger partial charge in [-0.15, -0.1) is 0 Å². The zero-order valence-electron chi connectivity index (χ0n) is 12.9. The van der Waals surface area contributed by atoms with Gasteiger partial charge in [-0.25, -0.2) is 0 Å². The van der Waals surface area contributed by atoms with Crippen LogP contribution < -0.4 is 0 Å². The predicted molar refractivity (Wildman–Crippen MR) is 82.6 cm³/mol. The van der Waals surface area contributed by atoms with Crippen LogP contribution in [-0.2, 0) is 4.79 Å². The molecular weight excluding hydrogens is 244 g/mol. The Hall–Kier alpha value is -1.11. The molecule has 2 aliphatic carbocycles. The maximum absolute atomic E-state index is 13.1. The van der Waals surface area contributed by atoms with E-state index in [1.54, 1.807) is 0 Å².